The molecule has 29 heavy (non-hydrogen) atoms. The van der Waals surface area contributed by atoms with Gasteiger partial charge in [-0.3, -0.25) is 0 Å². The fraction of sp³-hybridized carbons (Fsp3) is 0.708. The number of nitrogens with one attached hydrogen (secondary N) is 1. The lowest BCUT2D eigenvalue weighted by Crippen LogP contribution is -2.40. The first kappa shape index (κ1) is 25.8. The van der Waals surface area contributed by atoms with E-state index in [1.54, 1.807) is 0 Å². The van der Waals surface area contributed by atoms with E-state index in [1.807, 2.05) is 30.3 Å². The highest BCUT2D eigenvalue weighted by Gasteiger charge is 2.29. The van der Waals surface area contributed by atoms with Gasteiger partial charge in [0.25, 0.3) is 0 Å². The number of amides is 1. The van der Waals surface area contributed by atoms with Gasteiger partial charge in [0.2, 0.25) is 0 Å². The molecule has 0 radical (unpaired) electrons. The highest BCUT2D eigenvalue weighted by molar-refractivity contribution is 5.85. The lowest BCUT2D eigenvalue weighted by molar-refractivity contribution is 0.124. The molecule has 2 aliphatic carbocycles. The SMILES string of the molecule is CC1(C)CCC[C@@H](N)C1.CC1(C)CCC[C@@H](NC(=O)OCc2ccccc2)C1.Cl. The Labute approximate surface area is 183 Å². The number of ether oxygens (including phenoxy) is 1. The van der Waals surface area contributed by atoms with Crippen LogP contribution in [0.3, 0.4) is 0 Å². The summed E-state index contributed by atoms with van der Waals surface area (Å²) in [5.41, 5.74) is 7.68. The zero-order valence-electron chi connectivity index (χ0n) is 18.7. The van der Waals surface area contributed by atoms with Crippen LogP contribution >= 0.6 is 12.4 Å². The van der Waals surface area contributed by atoms with Gasteiger partial charge in [0.1, 0.15) is 6.61 Å². The van der Waals surface area contributed by atoms with Crippen molar-refractivity contribution in [2.24, 2.45) is 16.6 Å². The Balaban J connectivity index is 0.000000355. The molecular weight excluding hydrogens is 384 g/mol. The number of hydrogen-bond donors (Lipinski definition) is 2. The van der Waals surface area contributed by atoms with Crippen LogP contribution in [0.25, 0.3) is 0 Å². The maximum Gasteiger partial charge on any atom is 0.407 e. The molecule has 4 nitrogen and oxygen atoms in total. The van der Waals surface area contributed by atoms with Crippen molar-refractivity contribution in [2.45, 2.75) is 97.8 Å². The molecule has 0 heterocycles. The van der Waals surface area contributed by atoms with Crippen molar-refractivity contribution in [3.05, 3.63) is 35.9 Å². The van der Waals surface area contributed by atoms with Gasteiger partial charge in [0.05, 0.1) is 0 Å². The average Bonchev–Trinajstić information content (AvgIpc) is 2.59. The van der Waals surface area contributed by atoms with Crippen molar-refractivity contribution in [3.8, 4) is 0 Å². The summed E-state index contributed by atoms with van der Waals surface area (Å²) >= 11 is 0. The van der Waals surface area contributed by atoms with Crippen LogP contribution < -0.4 is 11.1 Å². The summed E-state index contributed by atoms with van der Waals surface area (Å²) in [4.78, 5) is 11.8. The van der Waals surface area contributed by atoms with Crippen molar-refractivity contribution in [2.75, 3.05) is 0 Å². The van der Waals surface area contributed by atoms with Crippen LogP contribution in [0.4, 0.5) is 4.79 Å². The van der Waals surface area contributed by atoms with Crippen LogP contribution in [0, 0.1) is 10.8 Å². The van der Waals surface area contributed by atoms with Gasteiger partial charge in [0, 0.05) is 12.1 Å². The summed E-state index contributed by atoms with van der Waals surface area (Å²) in [6, 6.07) is 10.5. The second kappa shape index (κ2) is 11.8. The van der Waals surface area contributed by atoms with Crippen LogP contribution in [0.5, 0.6) is 0 Å². The van der Waals surface area contributed by atoms with Crippen molar-refractivity contribution >= 4 is 18.5 Å². The van der Waals surface area contributed by atoms with Crippen molar-refractivity contribution in [1.29, 1.82) is 0 Å². The summed E-state index contributed by atoms with van der Waals surface area (Å²) in [6.07, 6.45) is 9.36. The smallest absolute Gasteiger partial charge is 0.407 e. The van der Waals surface area contributed by atoms with E-state index in [0.717, 1.165) is 18.4 Å². The number of halogens is 1. The molecule has 0 spiro atoms. The number of nitrogens with two attached hydrogens (primary N) is 1. The number of carbonyl (C=O) groups is 1. The second-order valence-corrected chi connectivity index (χ2v) is 10.2. The third-order valence-corrected chi connectivity index (χ3v) is 5.98. The lowest BCUT2D eigenvalue weighted by Gasteiger charge is -2.35. The third kappa shape index (κ3) is 10.4. The molecule has 2 atom stereocenters. The minimum Gasteiger partial charge on any atom is -0.445 e. The lowest BCUT2D eigenvalue weighted by atomic mass is 9.75. The zero-order chi connectivity index (χ0) is 20.6. The van der Waals surface area contributed by atoms with Crippen LogP contribution in [0.1, 0.15) is 84.6 Å². The van der Waals surface area contributed by atoms with Crippen molar-refractivity contribution in [3.63, 3.8) is 0 Å². The summed E-state index contributed by atoms with van der Waals surface area (Å²) < 4.78 is 5.25. The highest BCUT2D eigenvalue weighted by Crippen LogP contribution is 2.35. The third-order valence-electron chi connectivity index (χ3n) is 5.98. The number of benzene rings is 1. The largest absolute Gasteiger partial charge is 0.445 e. The molecule has 5 heteroatoms. The molecule has 3 N–H and O–H groups in total. The van der Waals surface area contributed by atoms with E-state index in [1.165, 1.54) is 38.5 Å². The number of carbonyl (C=O) groups excluding carboxylic acids is 1. The van der Waals surface area contributed by atoms with Gasteiger partial charge in [-0.2, -0.15) is 0 Å². The predicted octanol–water partition coefficient (Wildman–Crippen LogP) is 6.22. The molecule has 0 unspecified atom stereocenters. The van der Waals surface area contributed by atoms with Crippen molar-refractivity contribution < 1.29 is 9.53 Å². The highest BCUT2D eigenvalue weighted by atomic mass is 35.5. The monoisotopic (exact) mass is 424 g/mol. The molecule has 1 aromatic carbocycles. The van der Waals surface area contributed by atoms with E-state index in [-0.39, 0.29) is 24.5 Å². The van der Waals surface area contributed by atoms with E-state index in [0.29, 0.717) is 23.5 Å². The van der Waals surface area contributed by atoms with Crippen LogP contribution in [-0.2, 0) is 11.3 Å². The summed E-state index contributed by atoms with van der Waals surface area (Å²) in [5.74, 6) is 0. The molecule has 0 bridgehead atoms. The minimum atomic E-state index is -0.299. The molecule has 1 amide bonds. The first-order valence-electron chi connectivity index (χ1n) is 10.9. The average molecular weight is 425 g/mol. The number of rotatable bonds is 3. The summed E-state index contributed by atoms with van der Waals surface area (Å²) in [5, 5.41) is 2.98. The molecule has 3 rings (SSSR count). The quantitative estimate of drug-likeness (QED) is 0.605. The topological polar surface area (TPSA) is 64.3 Å². The Hall–Kier alpha value is -1.26. The Morgan fingerprint density at radius 2 is 1.62 bits per heavy atom. The molecule has 1 aromatic rings. The Kier molecular flexibility index (Phi) is 10.5. The van der Waals surface area contributed by atoms with Gasteiger partial charge in [0.15, 0.2) is 0 Å². The van der Waals surface area contributed by atoms with E-state index < -0.39 is 0 Å². The first-order chi connectivity index (χ1) is 13.2. The van der Waals surface area contributed by atoms with Crippen molar-refractivity contribution in [1.82, 2.24) is 5.32 Å². The molecule has 0 aliphatic heterocycles. The summed E-state index contributed by atoms with van der Waals surface area (Å²) in [7, 11) is 0. The Morgan fingerprint density at radius 3 is 2.14 bits per heavy atom. The van der Waals surface area contributed by atoms with Gasteiger partial charge in [-0.25, -0.2) is 4.79 Å². The van der Waals surface area contributed by atoms with Crippen LogP contribution in [0.2, 0.25) is 0 Å². The van der Waals surface area contributed by atoms with E-state index in [4.69, 9.17) is 10.5 Å². The van der Waals surface area contributed by atoms with Crippen LogP contribution in [0.15, 0.2) is 30.3 Å². The van der Waals surface area contributed by atoms with Gasteiger partial charge in [-0.05, 0) is 54.9 Å². The fourth-order valence-electron chi connectivity index (χ4n) is 4.51. The first-order valence-corrected chi connectivity index (χ1v) is 10.9. The van der Waals surface area contributed by atoms with Gasteiger partial charge in [-0.1, -0.05) is 70.9 Å². The van der Waals surface area contributed by atoms with Gasteiger partial charge in [-0.15, -0.1) is 12.4 Å². The molecule has 166 valence electrons. The Morgan fingerprint density at radius 1 is 1.03 bits per heavy atom. The zero-order valence-corrected chi connectivity index (χ0v) is 19.5. The fourth-order valence-corrected chi connectivity index (χ4v) is 4.51. The summed E-state index contributed by atoms with van der Waals surface area (Å²) in [6.45, 7) is 9.48. The standard InChI is InChI=1S/C16H23NO2.C8H17N.ClH/c1-16(2)10-6-9-14(11-16)17-15(18)19-12-13-7-4-3-5-8-13;1-8(2)5-3-4-7(9)6-8;/h3-5,7-8,14H,6,9-12H2,1-2H3,(H,17,18);7H,3-6,9H2,1-2H3;1H/t14-;7-;/m11./s1. The van der Waals surface area contributed by atoms with E-state index >= 15 is 0 Å². The van der Waals surface area contributed by atoms with Gasteiger partial charge >= 0.3 is 6.09 Å². The van der Waals surface area contributed by atoms with Gasteiger partial charge < -0.3 is 15.8 Å². The molecule has 2 fully saturated rings. The number of hydrogen-bond acceptors (Lipinski definition) is 3. The van der Waals surface area contributed by atoms with E-state index in [2.05, 4.69) is 33.0 Å². The number of alkyl carbamates (subject to hydrolysis) is 1. The van der Waals surface area contributed by atoms with Crippen LogP contribution in [-0.4, -0.2) is 18.2 Å². The minimum absolute atomic E-state index is 0. The molecule has 0 aromatic heterocycles. The molecular formula is C24H41ClN2O2. The predicted molar refractivity (Wildman–Crippen MR) is 123 cm³/mol. The molecule has 2 saturated carbocycles. The molecule has 2 aliphatic rings. The van der Waals surface area contributed by atoms with E-state index in [9.17, 15) is 4.79 Å². The maximum atomic E-state index is 11.8. The maximum absolute atomic E-state index is 11.8. The molecule has 0 saturated heterocycles. The Bertz CT molecular complexity index is 604. The second-order valence-electron chi connectivity index (χ2n) is 10.2. The normalized spacial score (nSPS) is 24.9.